The molecule has 3 nitrogen and oxygen atoms in total. The minimum atomic E-state index is 0.729. The normalized spacial score (nSPS) is 14.8. The topological polar surface area (TPSA) is 28.4 Å². The molecule has 1 fully saturated rings. The van der Waals surface area contributed by atoms with Crippen LogP contribution >= 0.6 is 0 Å². The Morgan fingerprint density at radius 1 is 1.10 bits per heavy atom. The van der Waals surface area contributed by atoms with Crippen LogP contribution in [0.5, 0.6) is 0 Å². The minimum Gasteiger partial charge on any atom is -0.468 e. The van der Waals surface area contributed by atoms with Crippen molar-refractivity contribution in [2.75, 3.05) is 13.6 Å². The zero-order valence-corrected chi connectivity index (χ0v) is 12.7. The zero-order valence-electron chi connectivity index (χ0n) is 12.7. The summed E-state index contributed by atoms with van der Waals surface area (Å²) in [5.74, 6) is 1.06. The van der Waals surface area contributed by atoms with Gasteiger partial charge in [0.05, 0.1) is 12.8 Å². The predicted molar refractivity (Wildman–Crippen MR) is 85.0 cm³/mol. The van der Waals surface area contributed by atoms with Crippen LogP contribution in [0.3, 0.4) is 0 Å². The molecule has 1 saturated carbocycles. The number of furan rings is 1. The molecule has 1 aliphatic rings. The first kappa shape index (κ1) is 14.4. The van der Waals surface area contributed by atoms with Gasteiger partial charge in [-0.3, -0.25) is 4.90 Å². The molecule has 21 heavy (non-hydrogen) atoms. The molecule has 0 unspecified atom stereocenters. The molecule has 112 valence electrons. The van der Waals surface area contributed by atoms with Crippen LogP contribution in [0.25, 0.3) is 0 Å². The van der Waals surface area contributed by atoms with Gasteiger partial charge in [-0.15, -0.1) is 0 Å². The summed E-state index contributed by atoms with van der Waals surface area (Å²) >= 11 is 0. The molecule has 0 spiro atoms. The van der Waals surface area contributed by atoms with Crippen molar-refractivity contribution in [3.63, 3.8) is 0 Å². The smallest absolute Gasteiger partial charge is 0.117 e. The summed E-state index contributed by atoms with van der Waals surface area (Å²) in [6.07, 6.45) is 5.49. The average molecular weight is 284 g/mol. The summed E-state index contributed by atoms with van der Waals surface area (Å²) in [6.45, 7) is 2.96. The number of rotatable bonds is 8. The molecule has 0 amide bonds. The number of likely N-dealkylation sites (N-methyl/N-ethyl adjacent to an activating group) is 1. The Bertz CT molecular complexity index is 546. The summed E-state index contributed by atoms with van der Waals surface area (Å²) < 4.78 is 5.52. The molecule has 1 N–H and O–H groups in total. The van der Waals surface area contributed by atoms with Crippen molar-refractivity contribution in [2.45, 2.75) is 38.4 Å². The van der Waals surface area contributed by atoms with Crippen LogP contribution in [-0.2, 0) is 19.5 Å². The second kappa shape index (κ2) is 6.92. The lowest BCUT2D eigenvalue weighted by Gasteiger charge is -2.22. The van der Waals surface area contributed by atoms with Crippen LogP contribution in [0.2, 0.25) is 0 Å². The van der Waals surface area contributed by atoms with Gasteiger partial charge < -0.3 is 9.73 Å². The van der Waals surface area contributed by atoms with E-state index in [2.05, 4.69) is 40.5 Å². The fourth-order valence-corrected chi connectivity index (χ4v) is 2.79. The molecule has 1 aliphatic carbocycles. The van der Waals surface area contributed by atoms with E-state index in [0.717, 1.165) is 37.9 Å². The molecular formula is C18H24N2O. The standard InChI is InChI=1S/C18H24N2O/c1-19-11-10-15-5-2-3-6-16(15)13-20(17-8-9-17)14-18-7-4-12-21-18/h2-7,12,17,19H,8-11,13-14H2,1H3. The Morgan fingerprint density at radius 3 is 2.57 bits per heavy atom. The molecule has 2 aromatic rings. The van der Waals surface area contributed by atoms with E-state index in [0.29, 0.717) is 0 Å². The molecule has 0 aliphatic heterocycles. The van der Waals surface area contributed by atoms with E-state index in [-0.39, 0.29) is 0 Å². The van der Waals surface area contributed by atoms with Gasteiger partial charge in [-0.05, 0) is 56.1 Å². The Hall–Kier alpha value is -1.58. The largest absolute Gasteiger partial charge is 0.468 e. The highest BCUT2D eigenvalue weighted by Gasteiger charge is 2.29. The predicted octanol–water partition coefficient (Wildman–Crippen LogP) is 3.21. The van der Waals surface area contributed by atoms with Crippen LogP contribution in [0, 0.1) is 0 Å². The van der Waals surface area contributed by atoms with Crippen LogP contribution in [0.4, 0.5) is 0 Å². The quantitative estimate of drug-likeness (QED) is 0.807. The van der Waals surface area contributed by atoms with Gasteiger partial charge in [0.1, 0.15) is 5.76 Å². The molecule has 3 heteroatoms. The van der Waals surface area contributed by atoms with Crippen molar-refractivity contribution in [1.29, 1.82) is 0 Å². The second-order valence-electron chi connectivity index (χ2n) is 5.84. The summed E-state index contributed by atoms with van der Waals surface area (Å²) in [5.41, 5.74) is 2.91. The monoisotopic (exact) mass is 284 g/mol. The maximum Gasteiger partial charge on any atom is 0.117 e. The van der Waals surface area contributed by atoms with Crippen molar-refractivity contribution in [1.82, 2.24) is 10.2 Å². The fraction of sp³-hybridized carbons (Fsp3) is 0.444. The summed E-state index contributed by atoms with van der Waals surface area (Å²) in [6, 6.07) is 13.6. The van der Waals surface area contributed by atoms with Crippen LogP contribution in [0.15, 0.2) is 47.1 Å². The third kappa shape index (κ3) is 3.96. The lowest BCUT2D eigenvalue weighted by Crippen LogP contribution is -2.25. The maximum absolute atomic E-state index is 5.52. The van der Waals surface area contributed by atoms with Crippen LogP contribution in [-0.4, -0.2) is 24.5 Å². The van der Waals surface area contributed by atoms with E-state index in [1.165, 1.54) is 24.0 Å². The van der Waals surface area contributed by atoms with E-state index in [9.17, 15) is 0 Å². The third-order valence-electron chi connectivity index (χ3n) is 4.14. The van der Waals surface area contributed by atoms with Gasteiger partial charge in [0, 0.05) is 12.6 Å². The minimum absolute atomic E-state index is 0.729. The van der Waals surface area contributed by atoms with Crippen molar-refractivity contribution in [3.05, 3.63) is 59.5 Å². The molecule has 0 saturated heterocycles. The first-order valence-corrected chi connectivity index (χ1v) is 7.84. The highest BCUT2D eigenvalue weighted by atomic mass is 16.3. The van der Waals surface area contributed by atoms with Gasteiger partial charge in [-0.1, -0.05) is 24.3 Å². The van der Waals surface area contributed by atoms with Crippen molar-refractivity contribution in [3.8, 4) is 0 Å². The first-order valence-electron chi connectivity index (χ1n) is 7.84. The van der Waals surface area contributed by atoms with E-state index >= 15 is 0 Å². The average Bonchev–Trinajstić information content (AvgIpc) is 3.23. The second-order valence-corrected chi connectivity index (χ2v) is 5.84. The Kier molecular flexibility index (Phi) is 4.73. The molecule has 1 heterocycles. The van der Waals surface area contributed by atoms with E-state index in [1.54, 1.807) is 6.26 Å². The van der Waals surface area contributed by atoms with E-state index < -0.39 is 0 Å². The van der Waals surface area contributed by atoms with Crippen LogP contribution in [0.1, 0.15) is 29.7 Å². The fourth-order valence-electron chi connectivity index (χ4n) is 2.79. The van der Waals surface area contributed by atoms with Gasteiger partial charge in [0.2, 0.25) is 0 Å². The van der Waals surface area contributed by atoms with Gasteiger partial charge in [0.15, 0.2) is 0 Å². The van der Waals surface area contributed by atoms with Gasteiger partial charge in [-0.25, -0.2) is 0 Å². The van der Waals surface area contributed by atoms with Crippen molar-refractivity contribution in [2.24, 2.45) is 0 Å². The summed E-state index contributed by atoms with van der Waals surface area (Å²) in [7, 11) is 2.01. The maximum atomic E-state index is 5.52. The first-order chi connectivity index (χ1) is 10.4. The molecule has 0 bridgehead atoms. The number of hydrogen-bond acceptors (Lipinski definition) is 3. The SMILES string of the molecule is CNCCc1ccccc1CN(Cc1ccco1)C1CC1. The molecule has 0 radical (unpaired) electrons. The lowest BCUT2D eigenvalue weighted by atomic mass is 10.0. The third-order valence-corrected chi connectivity index (χ3v) is 4.14. The van der Waals surface area contributed by atoms with Gasteiger partial charge >= 0.3 is 0 Å². The molecular weight excluding hydrogens is 260 g/mol. The lowest BCUT2D eigenvalue weighted by molar-refractivity contribution is 0.224. The highest BCUT2D eigenvalue weighted by Crippen LogP contribution is 2.30. The number of nitrogens with zero attached hydrogens (tertiary/aromatic N) is 1. The molecule has 1 aromatic carbocycles. The van der Waals surface area contributed by atoms with E-state index in [4.69, 9.17) is 4.42 Å². The Labute approximate surface area is 127 Å². The molecule has 3 rings (SSSR count). The van der Waals surface area contributed by atoms with Gasteiger partial charge in [-0.2, -0.15) is 0 Å². The Balaban J connectivity index is 1.70. The Morgan fingerprint density at radius 2 is 1.90 bits per heavy atom. The van der Waals surface area contributed by atoms with E-state index in [1.807, 2.05) is 13.1 Å². The number of benzene rings is 1. The highest BCUT2D eigenvalue weighted by molar-refractivity contribution is 5.27. The summed E-state index contributed by atoms with van der Waals surface area (Å²) in [5, 5.41) is 3.24. The molecule has 0 atom stereocenters. The summed E-state index contributed by atoms with van der Waals surface area (Å²) in [4.78, 5) is 2.55. The molecule has 1 aromatic heterocycles. The zero-order chi connectivity index (χ0) is 14.5. The van der Waals surface area contributed by atoms with Crippen molar-refractivity contribution >= 4 is 0 Å². The van der Waals surface area contributed by atoms with Gasteiger partial charge in [0.25, 0.3) is 0 Å². The number of hydrogen-bond donors (Lipinski definition) is 1. The van der Waals surface area contributed by atoms with Crippen LogP contribution < -0.4 is 5.32 Å². The van der Waals surface area contributed by atoms with Crippen molar-refractivity contribution < 1.29 is 4.42 Å². The number of nitrogens with one attached hydrogen (secondary N) is 1.